The molecule has 6 heteroatoms. The van der Waals surface area contributed by atoms with Crippen molar-refractivity contribution in [3.05, 3.63) is 16.6 Å². The van der Waals surface area contributed by atoms with E-state index in [0.717, 1.165) is 19.3 Å². The van der Waals surface area contributed by atoms with Crippen LogP contribution < -0.4 is 0 Å². The fraction of sp³-hybridized carbons (Fsp3) is 0.583. The van der Waals surface area contributed by atoms with Gasteiger partial charge < -0.3 is 9.64 Å². The van der Waals surface area contributed by atoms with Gasteiger partial charge in [0.2, 0.25) is 0 Å². The van der Waals surface area contributed by atoms with Crippen molar-refractivity contribution in [1.29, 1.82) is 0 Å². The standard InChI is InChI=1S/C12H16N2O3S/c1-17-11(15)6-9-4-2-3-5-14(9)12(16)10-7-13-8-18-10/h7-9H,2-6H2,1H3. The summed E-state index contributed by atoms with van der Waals surface area (Å²) in [7, 11) is 1.38. The Bertz CT molecular complexity index is 419. The van der Waals surface area contributed by atoms with Crippen molar-refractivity contribution in [2.75, 3.05) is 13.7 Å². The average Bonchev–Trinajstić information content (AvgIpc) is 2.92. The lowest BCUT2D eigenvalue weighted by Gasteiger charge is -2.34. The third-order valence-electron chi connectivity index (χ3n) is 3.16. The SMILES string of the molecule is COC(=O)CC1CCCCN1C(=O)c1cncs1. The molecule has 2 heterocycles. The molecule has 1 amide bonds. The molecule has 0 bridgehead atoms. The Morgan fingerprint density at radius 3 is 3.06 bits per heavy atom. The Morgan fingerprint density at radius 2 is 2.39 bits per heavy atom. The van der Waals surface area contributed by atoms with Crippen LogP contribution in [0.5, 0.6) is 0 Å². The predicted octanol–water partition coefficient (Wildman–Crippen LogP) is 1.70. The van der Waals surface area contributed by atoms with Crippen LogP contribution in [0.15, 0.2) is 11.7 Å². The lowest BCUT2D eigenvalue weighted by Crippen LogP contribution is -2.44. The minimum absolute atomic E-state index is 0.0221. The second-order valence-corrected chi connectivity index (χ2v) is 5.18. The molecular weight excluding hydrogens is 252 g/mol. The van der Waals surface area contributed by atoms with Crippen LogP contribution in [0.4, 0.5) is 0 Å². The number of amides is 1. The van der Waals surface area contributed by atoms with E-state index in [1.54, 1.807) is 16.6 Å². The van der Waals surface area contributed by atoms with Crippen LogP contribution in [0.1, 0.15) is 35.4 Å². The number of methoxy groups -OCH3 is 1. The molecular formula is C12H16N2O3S. The summed E-state index contributed by atoms with van der Waals surface area (Å²) in [6, 6.07) is -0.0409. The first-order chi connectivity index (χ1) is 8.72. The van der Waals surface area contributed by atoms with E-state index < -0.39 is 0 Å². The highest BCUT2D eigenvalue weighted by molar-refractivity contribution is 7.11. The zero-order valence-corrected chi connectivity index (χ0v) is 11.1. The fourth-order valence-corrected chi connectivity index (χ4v) is 2.79. The van der Waals surface area contributed by atoms with Gasteiger partial charge in [0.1, 0.15) is 4.88 Å². The van der Waals surface area contributed by atoms with E-state index in [1.807, 2.05) is 0 Å². The van der Waals surface area contributed by atoms with Gasteiger partial charge in [0.15, 0.2) is 0 Å². The maximum Gasteiger partial charge on any atom is 0.307 e. The van der Waals surface area contributed by atoms with Gasteiger partial charge in [0, 0.05) is 12.6 Å². The van der Waals surface area contributed by atoms with Crippen molar-refractivity contribution in [3.63, 3.8) is 0 Å². The summed E-state index contributed by atoms with van der Waals surface area (Å²) in [6.45, 7) is 0.707. The summed E-state index contributed by atoms with van der Waals surface area (Å²) in [4.78, 5) is 30.0. The number of aromatic nitrogens is 1. The fourth-order valence-electron chi connectivity index (χ4n) is 2.22. The summed E-state index contributed by atoms with van der Waals surface area (Å²) < 4.78 is 4.69. The summed E-state index contributed by atoms with van der Waals surface area (Å²) in [5.41, 5.74) is 1.65. The van der Waals surface area contributed by atoms with Crippen LogP contribution in [0, 0.1) is 0 Å². The topological polar surface area (TPSA) is 59.5 Å². The van der Waals surface area contributed by atoms with E-state index in [-0.39, 0.29) is 24.3 Å². The largest absolute Gasteiger partial charge is 0.469 e. The first-order valence-corrected chi connectivity index (χ1v) is 6.86. The van der Waals surface area contributed by atoms with Crippen molar-refractivity contribution in [1.82, 2.24) is 9.88 Å². The molecule has 1 unspecified atom stereocenters. The van der Waals surface area contributed by atoms with Crippen LogP contribution in [0.25, 0.3) is 0 Å². The molecule has 1 atom stereocenters. The maximum atomic E-state index is 12.3. The molecule has 0 aliphatic carbocycles. The molecule has 1 aromatic heterocycles. The van der Waals surface area contributed by atoms with Crippen LogP contribution in [0.3, 0.4) is 0 Å². The molecule has 18 heavy (non-hydrogen) atoms. The molecule has 1 aliphatic heterocycles. The molecule has 5 nitrogen and oxygen atoms in total. The van der Waals surface area contributed by atoms with Crippen molar-refractivity contribution in [2.24, 2.45) is 0 Å². The first kappa shape index (κ1) is 13.0. The number of carbonyl (C=O) groups excluding carboxylic acids is 2. The van der Waals surface area contributed by atoms with E-state index in [0.29, 0.717) is 11.4 Å². The number of nitrogens with zero attached hydrogens (tertiary/aromatic N) is 2. The van der Waals surface area contributed by atoms with Gasteiger partial charge in [0.05, 0.1) is 25.2 Å². The predicted molar refractivity (Wildman–Crippen MR) is 67.4 cm³/mol. The Morgan fingerprint density at radius 1 is 1.56 bits per heavy atom. The van der Waals surface area contributed by atoms with Crippen LogP contribution in [-0.2, 0) is 9.53 Å². The first-order valence-electron chi connectivity index (χ1n) is 5.98. The number of ether oxygens (including phenoxy) is 1. The van der Waals surface area contributed by atoms with E-state index in [2.05, 4.69) is 9.72 Å². The summed E-state index contributed by atoms with van der Waals surface area (Å²) >= 11 is 1.33. The molecule has 0 radical (unpaired) electrons. The van der Waals surface area contributed by atoms with Crippen LogP contribution in [-0.4, -0.2) is 41.5 Å². The Kier molecular flexibility index (Phi) is 4.30. The third kappa shape index (κ3) is 2.87. The molecule has 1 saturated heterocycles. The molecule has 0 aromatic carbocycles. The van der Waals surface area contributed by atoms with Gasteiger partial charge in [-0.25, -0.2) is 0 Å². The Balaban J connectivity index is 2.08. The third-order valence-corrected chi connectivity index (χ3v) is 3.92. The Hall–Kier alpha value is -1.43. The summed E-state index contributed by atoms with van der Waals surface area (Å²) in [5, 5.41) is 0. The highest BCUT2D eigenvalue weighted by atomic mass is 32.1. The van der Waals surface area contributed by atoms with E-state index in [4.69, 9.17) is 0 Å². The van der Waals surface area contributed by atoms with Gasteiger partial charge in [-0.1, -0.05) is 0 Å². The smallest absolute Gasteiger partial charge is 0.307 e. The normalized spacial score (nSPS) is 19.6. The molecule has 1 aromatic rings. The number of carbonyl (C=O) groups is 2. The van der Waals surface area contributed by atoms with Crippen molar-refractivity contribution >= 4 is 23.2 Å². The molecule has 1 aliphatic rings. The van der Waals surface area contributed by atoms with Crippen molar-refractivity contribution in [2.45, 2.75) is 31.7 Å². The molecule has 2 rings (SSSR count). The number of likely N-dealkylation sites (tertiary alicyclic amines) is 1. The van der Waals surface area contributed by atoms with E-state index >= 15 is 0 Å². The van der Waals surface area contributed by atoms with Crippen molar-refractivity contribution in [3.8, 4) is 0 Å². The molecule has 0 saturated carbocycles. The maximum absolute atomic E-state index is 12.3. The number of hydrogen-bond donors (Lipinski definition) is 0. The molecule has 98 valence electrons. The molecule has 0 spiro atoms. The van der Waals surface area contributed by atoms with Gasteiger partial charge in [-0.15, -0.1) is 11.3 Å². The quantitative estimate of drug-likeness (QED) is 0.783. The van der Waals surface area contributed by atoms with E-state index in [9.17, 15) is 9.59 Å². The number of thiazole rings is 1. The van der Waals surface area contributed by atoms with Crippen molar-refractivity contribution < 1.29 is 14.3 Å². The van der Waals surface area contributed by atoms with Gasteiger partial charge >= 0.3 is 5.97 Å². The zero-order valence-electron chi connectivity index (χ0n) is 10.3. The summed E-state index contributed by atoms with van der Waals surface area (Å²) in [5.74, 6) is -0.282. The second kappa shape index (κ2) is 5.95. The van der Waals surface area contributed by atoms with Gasteiger partial charge in [-0.3, -0.25) is 14.6 Å². The molecule has 1 fully saturated rings. The lowest BCUT2D eigenvalue weighted by molar-refractivity contribution is -0.142. The average molecular weight is 268 g/mol. The lowest BCUT2D eigenvalue weighted by atomic mass is 9.99. The van der Waals surface area contributed by atoms with Gasteiger partial charge in [0.25, 0.3) is 5.91 Å². The number of hydrogen-bond acceptors (Lipinski definition) is 5. The van der Waals surface area contributed by atoms with Crippen LogP contribution in [0.2, 0.25) is 0 Å². The summed E-state index contributed by atoms with van der Waals surface area (Å²) in [6.07, 6.45) is 4.76. The van der Waals surface area contributed by atoms with Crippen LogP contribution >= 0.6 is 11.3 Å². The Labute approximate surface area is 110 Å². The zero-order chi connectivity index (χ0) is 13.0. The minimum atomic E-state index is -0.260. The highest BCUT2D eigenvalue weighted by Gasteiger charge is 2.29. The molecule has 0 N–H and O–H groups in total. The highest BCUT2D eigenvalue weighted by Crippen LogP contribution is 2.23. The van der Waals surface area contributed by atoms with Gasteiger partial charge in [-0.2, -0.15) is 0 Å². The monoisotopic (exact) mass is 268 g/mol. The number of esters is 1. The van der Waals surface area contributed by atoms with E-state index in [1.165, 1.54) is 18.4 Å². The number of rotatable bonds is 3. The number of piperidine rings is 1. The van der Waals surface area contributed by atoms with Gasteiger partial charge in [-0.05, 0) is 19.3 Å². The second-order valence-electron chi connectivity index (χ2n) is 4.29. The minimum Gasteiger partial charge on any atom is -0.469 e.